The van der Waals surface area contributed by atoms with Crippen molar-refractivity contribution in [3.05, 3.63) is 0 Å². The van der Waals surface area contributed by atoms with Gasteiger partial charge in [0.15, 0.2) is 0 Å². The van der Waals surface area contributed by atoms with Crippen molar-refractivity contribution in [2.75, 3.05) is 27.2 Å². The minimum absolute atomic E-state index is 0.168. The predicted octanol–water partition coefficient (Wildman–Crippen LogP) is 6.07. The van der Waals surface area contributed by atoms with E-state index in [1.54, 1.807) is 0 Å². The minimum atomic E-state index is -0.294. The molecule has 0 saturated carbocycles. The molecule has 0 aliphatic heterocycles. The molecule has 2 N–H and O–H groups in total. The van der Waals surface area contributed by atoms with Gasteiger partial charge in [-0.2, -0.15) is 0 Å². The second-order valence-electron chi connectivity index (χ2n) is 9.11. The number of aliphatic hydroxyl groups is 1. The van der Waals surface area contributed by atoms with Gasteiger partial charge in [0.25, 0.3) is 0 Å². The average molecular weight is 413 g/mol. The lowest BCUT2D eigenvalue weighted by atomic mass is 10.0. The molecule has 0 aromatic rings. The van der Waals surface area contributed by atoms with Crippen LogP contribution in [0.5, 0.6) is 0 Å². The Balaban J connectivity index is 3.21. The van der Waals surface area contributed by atoms with Gasteiger partial charge in [-0.1, -0.05) is 96.8 Å². The SMILES string of the molecule is CCCCCCCCCCCCCCCCCC(=O)NCCCC(O)CN(C)C. The summed E-state index contributed by atoms with van der Waals surface area (Å²) in [5, 5.41) is 12.8. The Bertz CT molecular complexity index is 348. The van der Waals surface area contributed by atoms with E-state index >= 15 is 0 Å². The molecule has 0 bridgehead atoms. The highest BCUT2D eigenvalue weighted by molar-refractivity contribution is 5.75. The largest absolute Gasteiger partial charge is 0.392 e. The summed E-state index contributed by atoms with van der Waals surface area (Å²) in [5.74, 6) is 0.168. The van der Waals surface area contributed by atoms with Crippen LogP contribution < -0.4 is 5.32 Å². The molecule has 4 heteroatoms. The molecule has 0 aromatic carbocycles. The highest BCUT2D eigenvalue weighted by Gasteiger charge is 2.06. The van der Waals surface area contributed by atoms with Gasteiger partial charge in [0.1, 0.15) is 0 Å². The molecule has 1 amide bonds. The molecule has 0 aromatic heterocycles. The number of hydrogen-bond acceptors (Lipinski definition) is 3. The van der Waals surface area contributed by atoms with Gasteiger partial charge in [-0.15, -0.1) is 0 Å². The van der Waals surface area contributed by atoms with Crippen molar-refractivity contribution < 1.29 is 9.90 Å². The quantitative estimate of drug-likeness (QED) is 0.212. The van der Waals surface area contributed by atoms with Gasteiger partial charge in [0.2, 0.25) is 5.91 Å². The Labute approximate surface area is 182 Å². The summed E-state index contributed by atoms with van der Waals surface area (Å²) in [5.41, 5.74) is 0. The first kappa shape index (κ1) is 28.4. The Morgan fingerprint density at radius 3 is 1.66 bits per heavy atom. The first-order chi connectivity index (χ1) is 14.1. The lowest BCUT2D eigenvalue weighted by Gasteiger charge is -2.15. The minimum Gasteiger partial charge on any atom is -0.392 e. The summed E-state index contributed by atoms with van der Waals surface area (Å²) in [6.07, 6.45) is 22.2. The molecule has 1 atom stereocenters. The molecule has 0 spiro atoms. The summed E-state index contributed by atoms with van der Waals surface area (Å²) in [4.78, 5) is 13.8. The first-order valence-electron chi connectivity index (χ1n) is 12.7. The zero-order valence-electron chi connectivity index (χ0n) is 20.0. The number of rotatable bonds is 22. The van der Waals surface area contributed by atoms with Gasteiger partial charge in [-0.05, 0) is 33.4 Å². The zero-order chi connectivity index (χ0) is 21.6. The standard InChI is InChI=1S/C25H52N2O2/c1-4-5-6-7-8-9-10-11-12-13-14-15-16-17-18-21-25(29)26-22-19-20-24(28)23-27(2)3/h24,28H,4-23H2,1-3H3,(H,26,29). The number of carbonyl (C=O) groups is 1. The van der Waals surface area contributed by atoms with Crippen LogP contribution in [-0.2, 0) is 4.79 Å². The van der Waals surface area contributed by atoms with E-state index in [-0.39, 0.29) is 12.0 Å². The van der Waals surface area contributed by atoms with E-state index in [0.29, 0.717) is 19.5 Å². The molecule has 0 rings (SSSR count). The van der Waals surface area contributed by atoms with Gasteiger partial charge in [-0.3, -0.25) is 4.79 Å². The number of nitrogens with one attached hydrogen (secondary N) is 1. The van der Waals surface area contributed by atoms with Crippen LogP contribution in [0.2, 0.25) is 0 Å². The fourth-order valence-electron chi connectivity index (χ4n) is 3.82. The van der Waals surface area contributed by atoms with Crippen LogP contribution in [-0.4, -0.2) is 49.2 Å². The highest BCUT2D eigenvalue weighted by atomic mass is 16.3. The number of aliphatic hydroxyl groups excluding tert-OH is 1. The molecule has 29 heavy (non-hydrogen) atoms. The Hall–Kier alpha value is -0.610. The average Bonchev–Trinajstić information content (AvgIpc) is 2.67. The maximum absolute atomic E-state index is 11.8. The lowest BCUT2D eigenvalue weighted by Crippen LogP contribution is -2.28. The maximum atomic E-state index is 11.8. The van der Waals surface area contributed by atoms with Crippen molar-refractivity contribution in [2.24, 2.45) is 0 Å². The van der Waals surface area contributed by atoms with Gasteiger partial charge >= 0.3 is 0 Å². The molecule has 0 heterocycles. The summed E-state index contributed by atoms with van der Waals surface area (Å²) in [7, 11) is 3.92. The third-order valence-electron chi connectivity index (χ3n) is 5.62. The first-order valence-corrected chi connectivity index (χ1v) is 12.7. The molecular formula is C25H52N2O2. The van der Waals surface area contributed by atoms with Gasteiger partial charge < -0.3 is 15.3 Å². The number of unbranched alkanes of at least 4 members (excludes halogenated alkanes) is 14. The summed E-state index contributed by atoms with van der Waals surface area (Å²) in [6, 6.07) is 0. The fourth-order valence-corrected chi connectivity index (χ4v) is 3.82. The van der Waals surface area contributed by atoms with E-state index in [4.69, 9.17) is 0 Å². The topological polar surface area (TPSA) is 52.6 Å². The van der Waals surface area contributed by atoms with Crippen molar-refractivity contribution in [3.63, 3.8) is 0 Å². The number of nitrogens with zero attached hydrogens (tertiary/aromatic N) is 1. The van der Waals surface area contributed by atoms with Gasteiger partial charge in [-0.25, -0.2) is 0 Å². The predicted molar refractivity (Wildman–Crippen MR) is 126 cm³/mol. The molecule has 0 saturated heterocycles. The van der Waals surface area contributed by atoms with Crippen LogP contribution in [0.25, 0.3) is 0 Å². The van der Waals surface area contributed by atoms with Crippen LogP contribution in [0.4, 0.5) is 0 Å². The Kier molecular flexibility index (Phi) is 21.6. The second kappa shape index (κ2) is 22.1. The molecule has 0 fully saturated rings. The van der Waals surface area contributed by atoms with E-state index in [1.807, 2.05) is 19.0 Å². The van der Waals surface area contributed by atoms with Crippen LogP contribution in [0, 0.1) is 0 Å². The van der Waals surface area contributed by atoms with Gasteiger partial charge in [0.05, 0.1) is 6.10 Å². The Morgan fingerprint density at radius 2 is 1.21 bits per heavy atom. The summed E-state index contributed by atoms with van der Waals surface area (Å²) in [6.45, 7) is 3.65. The Morgan fingerprint density at radius 1 is 0.759 bits per heavy atom. The molecular weight excluding hydrogens is 360 g/mol. The molecule has 4 nitrogen and oxygen atoms in total. The highest BCUT2D eigenvalue weighted by Crippen LogP contribution is 2.13. The fraction of sp³-hybridized carbons (Fsp3) is 0.960. The monoisotopic (exact) mass is 412 g/mol. The van der Waals surface area contributed by atoms with E-state index in [0.717, 1.165) is 19.3 Å². The number of likely N-dealkylation sites (N-methyl/N-ethyl adjacent to an activating group) is 1. The van der Waals surface area contributed by atoms with Crippen molar-refractivity contribution in [3.8, 4) is 0 Å². The van der Waals surface area contributed by atoms with E-state index in [9.17, 15) is 9.90 Å². The van der Waals surface area contributed by atoms with Gasteiger partial charge in [0, 0.05) is 19.5 Å². The molecule has 174 valence electrons. The molecule has 0 aliphatic rings. The number of carbonyl (C=O) groups excluding carboxylic acids is 1. The van der Waals surface area contributed by atoms with E-state index in [1.165, 1.54) is 89.9 Å². The molecule has 1 unspecified atom stereocenters. The molecule has 0 aliphatic carbocycles. The van der Waals surface area contributed by atoms with Crippen molar-refractivity contribution in [2.45, 2.75) is 129 Å². The lowest BCUT2D eigenvalue weighted by molar-refractivity contribution is -0.121. The van der Waals surface area contributed by atoms with Crippen molar-refractivity contribution in [1.29, 1.82) is 0 Å². The number of hydrogen-bond donors (Lipinski definition) is 2. The normalized spacial score (nSPS) is 12.4. The second-order valence-corrected chi connectivity index (χ2v) is 9.11. The van der Waals surface area contributed by atoms with Crippen LogP contribution >= 0.6 is 0 Å². The van der Waals surface area contributed by atoms with E-state index in [2.05, 4.69) is 12.2 Å². The van der Waals surface area contributed by atoms with Crippen LogP contribution in [0.3, 0.4) is 0 Å². The van der Waals surface area contributed by atoms with E-state index < -0.39 is 0 Å². The zero-order valence-corrected chi connectivity index (χ0v) is 20.0. The summed E-state index contributed by atoms with van der Waals surface area (Å²) < 4.78 is 0. The maximum Gasteiger partial charge on any atom is 0.219 e. The van der Waals surface area contributed by atoms with Crippen LogP contribution in [0.15, 0.2) is 0 Å². The smallest absolute Gasteiger partial charge is 0.219 e. The van der Waals surface area contributed by atoms with Crippen molar-refractivity contribution >= 4 is 5.91 Å². The summed E-state index contributed by atoms with van der Waals surface area (Å²) >= 11 is 0. The molecule has 0 radical (unpaired) electrons. The third-order valence-corrected chi connectivity index (χ3v) is 5.62. The number of amides is 1. The van der Waals surface area contributed by atoms with Crippen LogP contribution in [0.1, 0.15) is 122 Å². The third kappa shape index (κ3) is 23.5. The van der Waals surface area contributed by atoms with Crippen molar-refractivity contribution in [1.82, 2.24) is 10.2 Å².